The molecular formula is C11H7ClF3N3. The molecule has 0 fully saturated rings. The average Bonchev–Trinajstić information content (AvgIpc) is 2.31. The molecule has 94 valence electrons. The summed E-state index contributed by atoms with van der Waals surface area (Å²) in [6, 6.07) is 7.83. The minimum absolute atomic E-state index is 0.213. The van der Waals surface area contributed by atoms with Gasteiger partial charge in [0.2, 0.25) is 0 Å². The Hall–Kier alpha value is -1.82. The smallest absolute Gasteiger partial charge is 0.339 e. The van der Waals surface area contributed by atoms with E-state index in [0.29, 0.717) is 5.82 Å². The molecule has 1 aromatic carbocycles. The molecule has 0 aliphatic heterocycles. The Morgan fingerprint density at radius 2 is 1.83 bits per heavy atom. The maximum atomic E-state index is 12.5. The molecule has 0 aliphatic rings. The predicted octanol–water partition coefficient (Wildman–Crippen LogP) is 3.89. The number of nitrogens with zero attached hydrogens (tertiary/aromatic N) is 2. The maximum absolute atomic E-state index is 12.5. The molecular weight excluding hydrogens is 267 g/mol. The average molecular weight is 274 g/mol. The van der Waals surface area contributed by atoms with Crippen molar-refractivity contribution in [2.24, 2.45) is 0 Å². The van der Waals surface area contributed by atoms with Crippen molar-refractivity contribution in [3.8, 4) is 0 Å². The summed E-state index contributed by atoms with van der Waals surface area (Å²) >= 11 is 5.55. The van der Waals surface area contributed by atoms with Crippen molar-refractivity contribution in [3.05, 3.63) is 47.1 Å². The quantitative estimate of drug-likeness (QED) is 0.902. The van der Waals surface area contributed by atoms with E-state index in [1.807, 2.05) is 0 Å². The lowest BCUT2D eigenvalue weighted by Gasteiger charge is -2.09. The molecule has 2 rings (SSSR count). The maximum Gasteiger partial charge on any atom is 0.416 e. The number of alkyl halides is 3. The summed E-state index contributed by atoms with van der Waals surface area (Å²) in [7, 11) is 0. The van der Waals surface area contributed by atoms with Crippen molar-refractivity contribution in [1.82, 2.24) is 10.2 Å². The van der Waals surface area contributed by atoms with Crippen molar-refractivity contribution in [1.29, 1.82) is 0 Å². The highest BCUT2D eigenvalue weighted by Crippen LogP contribution is 2.31. The highest BCUT2D eigenvalue weighted by Gasteiger charge is 2.30. The fraction of sp³-hybridized carbons (Fsp3) is 0.0909. The van der Waals surface area contributed by atoms with Gasteiger partial charge in [0.25, 0.3) is 0 Å². The van der Waals surface area contributed by atoms with E-state index in [-0.39, 0.29) is 10.8 Å². The second-order valence-corrected chi connectivity index (χ2v) is 3.83. The lowest BCUT2D eigenvalue weighted by atomic mass is 10.2. The molecule has 0 bridgehead atoms. The molecule has 0 saturated heterocycles. The predicted molar refractivity (Wildman–Crippen MR) is 61.8 cm³/mol. The molecule has 7 heteroatoms. The number of benzene rings is 1. The highest BCUT2D eigenvalue weighted by molar-refractivity contribution is 6.29. The van der Waals surface area contributed by atoms with E-state index in [1.54, 1.807) is 0 Å². The summed E-state index contributed by atoms with van der Waals surface area (Å²) < 4.78 is 37.5. The molecule has 1 aromatic heterocycles. The van der Waals surface area contributed by atoms with Crippen LogP contribution >= 0.6 is 11.6 Å². The van der Waals surface area contributed by atoms with Crippen molar-refractivity contribution < 1.29 is 13.2 Å². The Kier molecular flexibility index (Phi) is 3.38. The van der Waals surface area contributed by atoms with Gasteiger partial charge in [0, 0.05) is 5.69 Å². The molecule has 0 spiro atoms. The molecule has 0 amide bonds. The first-order chi connectivity index (χ1) is 8.45. The molecule has 0 radical (unpaired) electrons. The van der Waals surface area contributed by atoms with Crippen LogP contribution in [-0.2, 0) is 6.18 Å². The van der Waals surface area contributed by atoms with E-state index in [0.717, 1.165) is 12.1 Å². The van der Waals surface area contributed by atoms with Gasteiger partial charge < -0.3 is 5.32 Å². The van der Waals surface area contributed by atoms with E-state index in [9.17, 15) is 13.2 Å². The fourth-order valence-electron chi connectivity index (χ4n) is 1.30. The van der Waals surface area contributed by atoms with Gasteiger partial charge in [0.15, 0.2) is 11.0 Å². The number of hydrogen-bond donors (Lipinski definition) is 1. The van der Waals surface area contributed by atoms with Crippen LogP contribution in [0.3, 0.4) is 0 Å². The van der Waals surface area contributed by atoms with Gasteiger partial charge in [0.05, 0.1) is 5.56 Å². The number of anilines is 2. The summed E-state index contributed by atoms with van der Waals surface area (Å²) in [5.74, 6) is 0.318. The molecule has 0 unspecified atom stereocenters. The largest absolute Gasteiger partial charge is 0.416 e. The molecule has 0 atom stereocenters. The fourth-order valence-corrected chi connectivity index (χ4v) is 1.40. The molecule has 0 saturated carbocycles. The summed E-state index contributed by atoms with van der Waals surface area (Å²) in [6.07, 6.45) is -4.37. The third-order valence-electron chi connectivity index (χ3n) is 2.09. The normalized spacial score (nSPS) is 11.3. The number of aromatic nitrogens is 2. The monoisotopic (exact) mass is 273 g/mol. The molecule has 1 N–H and O–H groups in total. The number of rotatable bonds is 2. The molecule has 1 heterocycles. The zero-order chi connectivity index (χ0) is 13.2. The molecule has 3 nitrogen and oxygen atoms in total. The standard InChI is InChI=1S/C11H7ClF3N3/c12-9-4-5-10(18-17-9)16-8-3-1-2-7(6-8)11(13,14)15/h1-6H,(H,16,18). The minimum atomic E-state index is -4.37. The summed E-state index contributed by atoms with van der Waals surface area (Å²) in [5, 5.41) is 10.2. The van der Waals surface area contributed by atoms with Crippen LogP contribution in [0.5, 0.6) is 0 Å². The van der Waals surface area contributed by atoms with Gasteiger partial charge in [-0.25, -0.2) is 0 Å². The molecule has 2 aromatic rings. The highest BCUT2D eigenvalue weighted by atomic mass is 35.5. The van der Waals surface area contributed by atoms with Crippen LogP contribution in [0.4, 0.5) is 24.7 Å². The van der Waals surface area contributed by atoms with Crippen molar-refractivity contribution in [2.45, 2.75) is 6.18 Å². The lowest BCUT2D eigenvalue weighted by Crippen LogP contribution is -2.05. The second kappa shape index (κ2) is 4.81. The summed E-state index contributed by atoms with van der Waals surface area (Å²) in [4.78, 5) is 0. The zero-order valence-corrected chi connectivity index (χ0v) is 9.63. The summed E-state index contributed by atoms with van der Waals surface area (Å²) in [6.45, 7) is 0. The summed E-state index contributed by atoms with van der Waals surface area (Å²) in [5.41, 5.74) is -0.448. The lowest BCUT2D eigenvalue weighted by molar-refractivity contribution is -0.137. The third kappa shape index (κ3) is 3.10. The molecule has 18 heavy (non-hydrogen) atoms. The van der Waals surface area contributed by atoms with E-state index in [2.05, 4.69) is 15.5 Å². The second-order valence-electron chi connectivity index (χ2n) is 3.44. The van der Waals surface area contributed by atoms with Gasteiger partial charge in [-0.3, -0.25) is 0 Å². The Morgan fingerprint density at radius 3 is 2.44 bits per heavy atom. The van der Waals surface area contributed by atoms with Crippen LogP contribution < -0.4 is 5.32 Å². The number of nitrogens with one attached hydrogen (secondary N) is 1. The Balaban J connectivity index is 2.22. The Bertz CT molecular complexity index is 540. The minimum Gasteiger partial charge on any atom is -0.339 e. The van der Waals surface area contributed by atoms with Crippen molar-refractivity contribution in [3.63, 3.8) is 0 Å². The van der Waals surface area contributed by atoms with Gasteiger partial charge in [-0.1, -0.05) is 17.7 Å². The van der Waals surface area contributed by atoms with Gasteiger partial charge in [-0.2, -0.15) is 13.2 Å². The Labute approximate surface area is 106 Å². The van der Waals surface area contributed by atoms with E-state index < -0.39 is 11.7 Å². The first-order valence-corrected chi connectivity index (χ1v) is 5.26. The molecule has 0 aliphatic carbocycles. The topological polar surface area (TPSA) is 37.8 Å². The van der Waals surface area contributed by atoms with Crippen molar-refractivity contribution >= 4 is 23.1 Å². The van der Waals surface area contributed by atoms with E-state index in [4.69, 9.17) is 11.6 Å². The third-order valence-corrected chi connectivity index (χ3v) is 2.30. The van der Waals surface area contributed by atoms with Crippen LogP contribution in [0, 0.1) is 0 Å². The van der Waals surface area contributed by atoms with E-state index in [1.165, 1.54) is 24.3 Å². The SMILES string of the molecule is FC(F)(F)c1cccc(Nc2ccc(Cl)nn2)c1. The zero-order valence-electron chi connectivity index (χ0n) is 8.87. The number of hydrogen-bond acceptors (Lipinski definition) is 3. The van der Waals surface area contributed by atoms with Crippen LogP contribution in [0.25, 0.3) is 0 Å². The van der Waals surface area contributed by atoms with Gasteiger partial charge in [-0.05, 0) is 30.3 Å². The van der Waals surface area contributed by atoms with Crippen molar-refractivity contribution in [2.75, 3.05) is 5.32 Å². The first kappa shape index (κ1) is 12.6. The van der Waals surface area contributed by atoms with E-state index >= 15 is 0 Å². The Morgan fingerprint density at radius 1 is 1.06 bits per heavy atom. The van der Waals surface area contributed by atoms with Crippen LogP contribution in [0.2, 0.25) is 5.15 Å². The first-order valence-electron chi connectivity index (χ1n) is 4.89. The van der Waals surface area contributed by atoms with Gasteiger partial charge in [0.1, 0.15) is 0 Å². The number of halogens is 4. The van der Waals surface area contributed by atoms with Crippen LogP contribution in [-0.4, -0.2) is 10.2 Å². The van der Waals surface area contributed by atoms with Crippen LogP contribution in [0.15, 0.2) is 36.4 Å². The van der Waals surface area contributed by atoms with Gasteiger partial charge in [-0.15, -0.1) is 10.2 Å². The van der Waals surface area contributed by atoms with Crippen LogP contribution in [0.1, 0.15) is 5.56 Å². The van der Waals surface area contributed by atoms with Gasteiger partial charge >= 0.3 is 6.18 Å².